The van der Waals surface area contributed by atoms with Crippen LogP contribution in [0.3, 0.4) is 0 Å². The standard InChI is InChI=1S/C14H18N2O2/c1-18-13-10-9-12(15-16-13)14(17)11-7-5-3-2-4-6-8-11/h7,9-10H,2-6,8H2,1H3/b11-7+. The number of Topliss-reactive ketones (excluding diaryl/α,β-unsaturated/α-hetero) is 1. The van der Waals surface area contributed by atoms with Crippen molar-refractivity contribution in [2.24, 2.45) is 0 Å². The zero-order chi connectivity index (χ0) is 12.8. The van der Waals surface area contributed by atoms with Crippen molar-refractivity contribution in [3.63, 3.8) is 0 Å². The van der Waals surface area contributed by atoms with Gasteiger partial charge in [-0.1, -0.05) is 18.9 Å². The Morgan fingerprint density at radius 2 is 2.00 bits per heavy atom. The van der Waals surface area contributed by atoms with Gasteiger partial charge in [0.05, 0.1) is 7.11 Å². The third-order valence-electron chi connectivity index (χ3n) is 3.16. The highest BCUT2D eigenvalue weighted by atomic mass is 16.5. The number of aromatic nitrogens is 2. The Balaban J connectivity index is 2.13. The largest absolute Gasteiger partial charge is 0.480 e. The first-order chi connectivity index (χ1) is 8.81. The van der Waals surface area contributed by atoms with Crippen molar-refractivity contribution in [3.05, 3.63) is 29.5 Å². The maximum absolute atomic E-state index is 12.3. The van der Waals surface area contributed by atoms with Crippen LogP contribution in [0.1, 0.15) is 49.0 Å². The van der Waals surface area contributed by atoms with Crippen LogP contribution in [0.2, 0.25) is 0 Å². The number of carbonyl (C=O) groups is 1. The quantitative estimate of drug-likeness (QED) is 0.769. The van der Waals surface area contributed by atoms with Crippen LogP contribution < -0.4 is 4.74 Å². The van der Waals surface area contributed by atoms with E-state index in [0.29, 0.717) is 11.6 Å². The molecular weight excluding hydrogens is 228 g/mol. The number of carbonyl (C=O) groups excluding carboxylic acids is 1. The lowest BCUT2D eigenvalue weighted by atomic mass is 9.96. The molecule has 1 heterocycles. The van der Waals surface area contributed by atoms with Gasteiger partial charge in [0, 0.05) is 6.07 Å². The molecule has 0 spiro atoms. The normalized spacial score (nSPS) is 19.3. The van der Waals surface area contributed by atoms with E-state index in [9.17, 15) is 4.79 Å². The van der Waals surface area contributed by atoms with Crippen LogP contribution in [0.4, 0.5) is 0 Å². The topological polar surface area (TPSA) is 52.1 Å². The summed E-state index contributed by atoms with van der Waals surface area (Å²) in [5, 5.41) is 7.75. The third kappa shape index (κ3) is 3.15. The van der Waals surface area contributed by atoms with E-state index >= 15 is 0 Å². The second-order valence-electron chi connectivity index (χ2n) is 4.47. The Hall–Kier alpha value is -1.71. The molecule has 0 N–H and O–H groups in total. The summed E-state index contributed by atoms with van der Waals surface area (Å²) >= 11 is 0. The Morgan fingerprint density at radius 3 is 2.72 bits per heavy atom. The number of hydrogen-bond acceptors (Lipinski definition) is 4. The molecule has 0 fully saturated rings. The fraction of sp³-hybridized carbons (Fsp3) is 0.500. The van der Waals surface area contributed by atoms with Crippen molar-refractivity contribution >= 4 is 5.78 Å². The van der Waals surface area contributed by atoms with Crippen molar-refractivity contribution in [1.82, 2.24) is 10.2 Å². The molecule has 0 radical (unpaired) electrons. The van der Waals surface area contributed by atoms with Gasteiger partial charge in [-0.2, -0.15) is 0 Å². The minimum absolute atomic E-state index is 0.00653. The highest BCUT2D eigenvalue weighted by Gasteiger charge is 2.15. The molecule has 1 aliphatic carbocycles. The molecule has 0 unspecified atom stereocenters. The van der Waals surface area contributed by atoms with Crippen LogP contribution in [0, 0.1) is 0 Å². The number of methoxy groups -OCH3 is 1. The van der Waals surface area contributed by atoms with Gasteiger partial charge in [0.25, 0.3) is 0 Å². The average Bonchev–Trinajstić information content (AvgIpc) is 2.38. The Labute approximate surface area is 107 Å². The average molecular weight is 246 g/mol. The molecule has 0 amide bonds. The maximum atomic E-state index is 12.3. The SMILES string of the molecule is COc1ccc(C(=O)/C2=C/CCCCCC2)nn1. The van der Waals surface area contributed by atoms with Crippen LogP contribution in [-0.2, 0) is 0 Å². The molecule has 0 aromatic carbocycles. The summed E-state index contributed by atoms with van der Waals surface area (Å²) in [7, 11) is 1.53. The zero-order valence-electron chi connectivity index (χ0n) is 10.7. The van der Waals surface area contributed by atoms with Gasteiger partial charge in [0.2, 0.25) is 11.7 Å². The fourth-order valence-corrected chi connectivity index (χ4v) is 2.11. The predicted octanol–water partition coefficient (Wildman–Crippen LogP) is 2.95. The van der Waals surface area contributed by atoms with Crippen LogP contribution in [0.15, 0.2) is 23.8 Å². The van der Waals surface area contributed by atoms with E-state index in [4.69, 9.17) is 4.74 Å². The molecule has 0 bridgehead atoms. The van der Waals surface area contributed by atoms with Crippen LogP contribution in [-0.4, -0.2) is 23.1 Å². The van der Waals surface area contributed by atoms with Gasteiger partial charge < -0.3 is 4.74 Å². The van der Waals surface area contributed by atoms with Gasteiger partial charge in [-0.3, -0.25) is 4.79 Å². The van der Waals surface area contributed by atoms with E-state index in [0.717, 1.165) is 24.8 Å². The first-order valence-corrected chi connectivity index (χ1v) is 6.42. The molecule has 1 aromatic heterocycles. The van der Waals surface area contributed by atoms with Crippen molar-refractivity contribution in [3.8, 4) is 5.88 Å². The number of nitrogens with zero attached hydrogens (tertiary/aromatic N) is 2. The van der Waals surface area contributed by atoms with E-state index < -0.39 is 0 Å². The van der Waals surface area contributed by atoms with Gasteiger partial charge in [0.15, 0.2) is 0 Å². The molecule has 1 aliphatic rings. The summed E-state index contributed by atoms with van der Waals surface area (Å²) < 4.78 is 4.93. The molecule has 1 aromatic rings. The molecular formula is C14H18N2O2. The van der Waals surface area contributed by atoms with E-state index in [-0.39, 0.29) is 5.78 Å². The number of allylic oxidation sites excluding steroid dienone is 2. The minimum Gasteiger partial charge on any atom is -0.480 e. The molecule has 2 rings (SSSR count). The van der Waals surface area contributed by atoms with E-state index in [1.165, 1.54) is 26.4 Å². The maximum Gasteiger partial charge on any atom is 0.233 e. The second-order valence-corrected chi connectivity index (χ2v) is 4.47. The molecule has 0 aliphatic heterocycles. The van der Waals surface area contributed by atoms with Crippen molar-refractivity contribution in [2.75, 3.05) is 7.11 Å². The lowest BCUT2D eigenvalue weighted by Crippen LogP contribution is -2.08. The van der Waals surface area contributed by atoms with Crippen LogP contribution >= 0.6 is 0 Å². The second kappa shape index (κ2) is 6.28. The summed E-state index contributed by atoms with van der Waals surface area (Å²) in [6.07, 6.45) is 8.63. The van der Waals surface area contributed by atoms with Gasteiger partial charge in [-0.05, 0) is 37.3 Å². The van der Waals surface area contributed by atoms with Crippen LogP contribution in [0.25, 0.3) is 0 Å². The Kier molecular flexibility index (Phi) is 4.45. The summed E-state index contributed by atoms with van der Waals surface area (Å²) in [6, 6.07) is 3.34. The summed E-state index contributed by atoms with van der Waals surface area (Å²) in [6.45, 7) is 0. The Morgan fingerprint density at radius 1 is 1.17 bits per heavy atom. The molecule has 0 atom stereocenters. The lowest BCUT2D eigenvalue weighted by molar-refractivity contribution is 0.102. The fourth-order valence-electron chi connectivity index (χ4n) is 2.11. The molecule has 4 nitrogen and oxygen atoms in total. The van der Waals surface area contributed by atoms with Gasteiger partial charge in [-0.25, -0.2) is 0 Å². The van der Waals surface area contributed by atoms with Crippen molar-refractivity contribution in [1.29, 1.82) is 0 Å². The lowest BCUT2D eigenvalue weighted by Gasteiger charge is -2.09. The number of ketones is 1. The van der Waals surface area contributed by atoms with Gasteiger partial charge >= 0.3 is 0 Å². The molecule has 18 heavy (non-hydrogen) atoms. The number of ether oxygens (including phenoxy) is 1. The first-order valence-electron chi connectivity index (χ1n) is 6.42. The zero-order valence-corrected chi connectivity index (χ0v) is 10.7. The number of rotatable bonds is 3. The summed E-state index contributed by atoms with van der Waals surface area (Å²) in [5.41, 5.74) is 1.29. The van der Waals surface area contributed by atoms with Crippen molar-refractivity contribution in [2.45, 2.75) is 38.5 Å². The van der Waals surface area contributed by atoms with E-state index in [1.807, 2.05) is 0 Å². The molecule has 96 valence electrons. The van der Waals surface area contributed by atoms with E-state index in [1.54, 1.807) is 12.1 Å². The summed E-state index contributed by atoms with van der Waals surface area (Å²) in [5.74, 6) is 0.435. The van der Waals surface area contributed by atoms with E-state index in [2.05, 4.69) is 16.3 Å². The Bertz CT molecular complexity index is 438. The first kappa shape index (κ1) is 12.7. The van der Waals surface area contributed by atoms with Gasteiger partial charge in [-0.15, -0.1) is 10.2 Å². The van der Waals surface area contributed by atoms with Crippen molar-refractivity contribution < 1.29 is 9.53 Å². The van der Waals surface area contributed by atoms with Crippen LogP contribution in [0.5, 0.6) is 5.88 Å². The molecule has 4 heteroatoms. The smallest absolute Gasteiger partial charge is 0.233 e. The molecule has 0 saturated heterocycles. The highest BCUT2D eigenvalue weighted by Crippen LogP contribution is 2.20. The minimum atomic E-state index is 0.00653. The van der Waals surface area contributed by atoms with Gasteiger partial charge in [0.1, 0.15) is 5.69 Å². The molecule has 0 saturated carbocycles. The number of hydrogen-bond donors (Lipinski definition) is 0. The third-order valence-corrected chi connectivity index (χ3v) is 3.16. The summed E-state index contributed by atoms with van der Waals surface area (Å²) in [4.78, 5) is 12.3. The predicted molar refractivity (Wildman–Crippen MR) is 68.7 cm³/mol. The highest BCUT2D eigenvalue weighted by molar-refractivity contribution is 6.07. The monoisotopic (exact) mass is 246 g/mol.